The highest BCUT2D eigenvalue weighted by Crippen LogP contribution is 2.03. The van der Waals surface area contributed by atoms with Crippen LogP contribution in [-0.4, -0.2) is 74.9 Å². The summed E-state index contributed by atoms with van der Waals surface area (Å²) in [6, 6.07) is -1.10. The predicted molar refractivity (Wildman–Crippen MR) is 67.6 cm³/mol. The summed E-state index contributed by atoms with van der Waals surface area (Å²) >= 11 is 0. The Morgan fingerprint density at radius 3 is 2.20 bits per heavy atom. The molecule has 0 saturated carbocycles. The summed E-state index contributed by atoms with van der Waals surface area (Å²) in [4.78, 5) is 21.7. The Morgan fingerprint density at radius 2 is 1.70 bits per heavy atom. The molecule has 0 aromatic heterocycles. The van der Waals surface area contributed by atoms with E-state index in [1.54, 1.807) is 0 Å². The minimum Gasteiger partial charge on any atom is -0.480 e. The lowest BCUT2D eigenvalue weighted by Crippen LogP contribution is -2.41. The van der Waals surface area contributed by atoms with Crippen LogP contribution in [0.3, 0.4) is 0 Å². The van der Waals surface area contributed by atoms with Crippen LogP contribution in [0, 0.1) is 0 Å². The zero-order valence-electron chi connectivity index (χ0n) is 11.0. The van der Waals surface area contributed by atoms with E-state index in [1.807, 2.05) is 0 Å². The van der Waals surface area contributed by atoms with Crippen LogP contribution < -0.4 is 11.1 Å². The number of aliphatic carboxylic acids is 1. The first-order chi connectivity index (χ1) is 9.29. The molecule has 0 bridgehead atoms. The minimum atomic E-state index is -1.50. The fraction of sp³-hybridized carbons (Fsp3) is 0.818. The molecular formula is C11H22N2O7. The van der Waals surface area contributed by atoms with Crippen molar-refractivity contribution in [1.29, 1.82) is 0 Å². The van der Waals surface area contributed by atoms with Crippen molar-refractivity contribution >= 4 is 11.9 Å². The van der Waals surface area contributed by atoms with Crippen molar-refractivity contribution in [1.82, 2.24) is 5.32 Å². The number of carboxylic acids is 1. The third-order valence-electron chi connectivity index (χ3n) is 2.74. The van der Waals surface area contributed by atoms with E-state index in [2.05, 4.69) is 5.32 Å². The molecule has 118 valence electrons. The van der Waals surface area contributed by atoms with Crippen LogP contribution in [0.4, 0.5) is 0 Å². The highest BCUT2D eigenvalue weighted by atomic mass is 16.4. The van der Waals surface area contributed by atoms with E-state index in [1.165, 1.54) is 0 Å². The van der Waals surface area contributed by atoms with Crippen LogP contribution in [0.2, 0.25) is 0 Å². The van der Waals surface area contributed by atoms with Crippen molar-refractivity contribution in [2.75, 3.05) is 13.2 Å². The van der Waals surface area contributed by atoms with Crippen molar-refractivity contribution < 1.29 is 35.1 Å². The third kappa shape index (κ3) is 7.36. The van der Waals surface area contributed by atoms with Gasteiger partial charge in [-0.15, -0.1) is 0 Å². The monoisotopic (exact) mass is 294 g/mol. The molecule has 0 heterocycles. The lowest BCUT2D eigenvalue weighted by molar-refractivity contribution is -0.138. The van der Waals surface area contributed by atoms with Gasteiger partial charge < -0.3 is 36.6 Å². The molecule has 4 atom stereocenters. The molecule has 9 nitrogen and oxygen atoms in total. The maximum atomic E-state index is 11.3. The topological polar surface area (TPSA) is 173 Å². The summed E-state index contributed by atoms with van der Waals surface area (Å²) in [6.07, 6.45) is -4.33. The molecule has 20 heavy (non-hydrogen) atoms. The number of rotatable bonds is 10. The van der Waals surface area contributed by atoms with Crippen molar-refractivity contribution in [3.63, 3.8) is 0 Å². The van der Waals surface area contributed by atoms with Gasteiger partial charge in [-0.25, -0.2) is 0 Å². The maximum Gasteiger partial charge on any atom is 0.320 e. The van der Waals surface area contributed by atoms with Gasteiger partial charge in [0.1, 0.15) is 18.2 Å². The number of carbonyl (C=O) groups is 2. The average Bonchev–Trinajstić information content (AvgIpc) is 2.42. The predicted octanol–water partition coefficient (Wildman–Crippen LogP) is -3.24. The number of nitrogens with one attached hydrogen (secondary N) is 1. The molecule has 0 aromatic carbocycles. The number of aliphatic hydroxyl groups excluding tert-OH is 4. The fourth-order valence-electron chi connectivity index (χ4n) is 1.39. The molecule has 8 N–H and O–H groups in total. The Balaban J connectivity index is 3.83. The van der Waals surface area contributed by atoms with Crippen molar-refractivity contribution in [2.45, 2.75) is 43.6 Å². The van der Waals surface area contributed by atoms with Crippen LogP contribution in [0.1, 0.15) is 19.3 Å². The van der Waals surface area contributed by atoms with E-state index in [9.17, 15) is 19.8 Å². The second-order valence-corrected chi connectivity index (χ2v) is 4.43. The summed E-state index contributed by atoms with van der Waals surface area (Å²) in [5.41, 5.74) is 5.23. The molecular weight excluding hydrogens is 272 g/mol. The van der Waals surface area contributed by atoms with Crippen molar-refractivity contribution in [3.05, 3.63) is 0 Å². The molecule has 0 radical (unpaired) electrons. The summed E-state index contributed by atoms with van der Waals surface area (Å²) in [6.45, 7) is -0.644. The smallest absolute Gasteiger partial charge is 0.320 e. The molecule has 9 heteroatoms. The van der Waals surface area contributed by atoms with Gasteiger partial charge in [-0.1, -0.05) is 0 Å². The number of hydrogen-bond donors (Lipinski definition) is 7. The largest absolute Gasteiger partial charge is 0.480 e. The fourth-order valence-corrected chi connectivity index (χ4v) is 1.39. The zero-order chi connectivity index (χ0) is 15.7. The van der Waals surface area contributed by atoms with Gasteiger partial charge in [0.25, 0.3) is 0 Å². The molecule has 0 aliphatic rings. The summed E-state index contributed by atoms with van der Waals surface area (Å²) < 4.78 is 0. The highest BCUT2D eigenvalue weighted by molar-refractivity contribution is 5.78. The van der Waals surface area contributed by atoms with Gasteiger partial charge >= 0.3 is 5.97 Å². The van der Waals surface area contributed by atoms with Crippen LogP contribution in [0.15, 0.2) is 0 Å². The number of carbonyl (C=O) groups excluding carboxylic acids is 1. The average molecular weight is 294 g/mol. The lowest BCUT2D eigenvalue weighted by Gasteiger charge is -2.21. The quantitative estimate of drug-likeness (QED) is 0.220. The molecule has 0 rings (SSSR count). The van der Waals surface area contributed by atoms with Gasteiger partial charge in [0.15, 0.2) is 0 Å². The van der Waals surface area contributed by atoms with E-state index < -0.39 is 42.8 Å². The Morgan fingerprint density at radius 1 is 1.10 bits per heavy atom. The first-order valence-electron chi connectivity index (χ1n) is 6.19. The van der Waals surface area contributed by atoms with Gasteiger partial charge in [-0.05, 0) is 12.8 Å². The van der Waals surface area contributed by atoms with E-state index >= 15 is 0 Å². The summed E-state index contributed by atoms with van der Waals surface area (Å²) in [7, 11) is 0. The Hall–Kier alpha value is -1.26. The van der Waals surface area contributed by atoms with E-state index in [4.69, 9.17) is 21.1 Å². The van der Waals surface area contributed by atoms with Crippen LogP contribution in [0.25, 0.3) is 0 Å². The molecule has 0 saturated heterocycles. The van der Waals surface area contributed by atoms with E-state index in [0.717, 1.165) is 0 Å². The number of nitrogens with two attached hydrogens (primary N) is 1. The summed E-state index contributed by atoms with van der Waals surface area (Å²) in [5, 5.41) is 47.4. The Labute approximate surface area is 116 Å². The first-order valence-corrected chi connectivity index (χ1v) is 6.19. The number of aliphatic hydroxyl groups is 4. The SMILES string of the molecule is N[C@@H](CCC(=O)NCC[C@@H](O)[C@H](O)[C@H](O)CO)C(=O)O. The van der Waals surface area contributed by atoms with Crippen LogP contribution in [0.5, 0.6) is 0 Å². The van der Waals surface area contributed by atoms with Crippen LogP contribution >= 0.6 is 0 Å². The number of amides is 1. The van der Waals surface area contributed by atoms with Gasteiger partial charge in [0.2, 0.25) is 5.91 Å². The van der Waals surface area contributed by atoms with Crippen LogP contribution in [-0.2, 0) is 9.59 Å². The molecule has 0 aliphatic carbocycles. The van der Waals surface area contributed by atoms with Crippen molar-refractivity contribution in [2.24, 2.45) is 5.73 Å². The first kappa shape index (κ1) is 18.7. The second kappa shape index (κ2) is 9.61. The molecule has 0 aromatic rings. The molecule has 0 aliphatic heterocycles. The third-order valence-corrected chi connectivity index (χ3v) is 2.74. The molecule has 0 spiro atoms. The molecule has 0 fully saturated rings. The lowest BCUT2D eigenvalue weighted by atomic mass is 10.1. The minimum absolute atomic E-state index is 0.00439. The molecule has 0 unspecified atom stereocenters. The van der Waals surface area contributed by atoms with Gasteiger partial charge in [-0.3, -0.25) is 9.59 Å². The number of hydrogen-bond acceptors (Lipinski definition) is 7. The van der Waals surface area contributed by atoms with Gasteiger partial charge in [-0.2, -0.15) is 0 Å². The van der Waals surface area contributed by atoms with E-state index in [0.29, 0.717) is 0 Å². The zero-order valence-corrected chi connectivity index (χ0v) is 11.0. The standard InChI is InChI=1S/C11H22N2O7/c12-6(11(19)20)1-2-9(17)13-4-3-7(15)10(18)8(16)5-14/h6-8,10,14-16,18H,1-5,12H2,(H,13,17)(H,19,20)/t6-,7+,8+,10-/m0/s1. The van der Waals surface area contributed by atoms with E-state index in [-0.39, 0.29) is 25.8 Å². The van der Waals surface area contributed by atoms with Gasteiger partial charge in [0.05, 0.1) is 12.7 Å². The molecule has 1 amide bonds. The Bertz CT molecular complexity index is 313. The normalized spacial score (nSPS) is 17.1. The van der Waals surface area contributed by atoms with Gasteiger partial charge in [0, 0.05) is 13.0 Å². The Kier molecular flexibility index (Phi) is 9.01. The second-order valence-electron chi connectivity index (χ2n) is 4.43. The highest BCUT2D eigenvalue weighted by Gasteiger charge is 2.23. The summed E-state index contributed by atoms with van der Waals surface area (Å²) in [5.74, 6) is -1.61. The van der Waals surface area contributed by atoms with Crippen molar-refractivity contribution in [3.8, 4) is 0 Å². The number of carboxylic acid groups (broad SMARTS) is 1. The maximum absolute atomic E-state index is 11.3.